The van der Waals surface area contributed by atoms with Crippen molar-refractivity contribution < 1.29 is 14.8 Å². The Morgan fingerprint density at radius 1 is 1.33 bits per heavy atom. The van der Waals surface area contributed by atoms with Gasteiger partial charge in [0, 0.05) is 11.8 Å². The maximum Gasteiger partial charge on any atom is 0.338 e. The lowest BCUT2D eigenvalue weighted by atomic mass is 10.0. The van der Waals surface area contributed by atoms with Crippen molar-refractivity contribution in [3.05, 3.63) is 51.6 Å². The zero-order valence-electron chi connectivity index (χ0n) is 11.2. The van der Waals surface area contributed by atoms with E-state index >= 15 is 0 Å². The lowest BCUT2D eigenvalue weighted by Gasteiger charge is -2.15. The minimum absolute atomic E-state index is 0.0880. The van der Waals surface area contributed by atoms with Crippen LogP contribution < -0.4 is 0 Å². The number of carboxylic acids is 1. The highest BCUT2D eigenvalue weighted by Gasteiger charge is 2.26. The highest BCUT2D eigenvalue weighted by Crippen LogP contribution is 2.31. The van der Waals surface area contributed by atoms with E-state index in [1.165, 1.54) is 24.5 Å². The zero-order chi connectivity index (χ0) is 15.0. The molecule has 3 rings (SSSR count). The summed E-state index contributed by atoms with van der Waals surface area (Å²) < 4.78 is 1.57. The van der Waals surface area contributed by atoms with Crippen molar-refractivity contribution in [3.63, 3.8) is 0 Å². The van der Waals surface area contributed by atoms with E-state index in [1.807, 2.05) is 0 Å². The topological polar surface area (TPSA) is 98.3 Å². The molecule has 1 aliphatic carbocycles. The summed E-state index contributed by atoms with van der Waals surface area (Å²) in [5.74, 6) is -1.19. The number of carbonyl (C=O) groups is 1. The number of nitro benzene ring substituents is 1. The maximum absolute atomic E-state index is 11.4. The van der Waals surface area contributed by atoms with E-state index in [4.69, 9.17) is 0 Å². The number of aromatic carboxylic acids is 1. The van der Waals surface area contributed by atoms with E-state index in [2.05, 4.69) is 4.98 Å². The molecule has 7 heteroatoms. The standard InChI is InChI=1S/C14H13N3O4/c18-14(19)9-4-3-7-12(17(20)21)13(9)16-8-15-10-5-1-2-6-11(10)16/h3-4,7-8H,1-2,5-6H2,(H,18,19). The molecule has 1 aromatic carbocycles. The Hall–Kier alpha value is -2.70. The highest BCUT2D eigenvalue weighted by molar-refractivity contribution is 5.94. The molecule has 0 saturated heterocycles. The van der Waals surface area contributed by atoms with Crippen molar-refractivity contribution in [2.45, 2.75) is 25.7 Å². The lowest BCUT2D eigenvalue weighted by molar-refractivity contribution is -0.384. The number of nitrogens with zero attached hydrogens (tertiary/aromatic N) is 3. The molecule has 0 spiro atoms. The molecule has 0 unspecified atom stereocenters. The third kappa shape index (κ3) is 2.16. The Bertz CT molecular complexity index is 704. The number of rotatable bonds is 3. The predicted molar refractivity (Wildman–Crippen MR) is 73.8 cm³/mol. The van der Waals surface area contributed by atoms with E-state index < -0.39 is 10.9 Å². The molecule has 7 nitrogen and oxygen atoms in total. The van der Waals surface area contributed by atoms with Gasteiger partial charge >= 0.3 is 5.97 Å². The van der Waals surface area contributed by atoms with Crippen LogP contribution in [0, 0.1) is 10.1 Å². The quantitative estimate of drug-likeness (QED) is 0.690. The third-order valence-electron chi connectivity index (χ3n) is 3.71. The number of carboxylic acid groups (broad SMARTS) is 1. The van der Waals surface area contributed by atoms with Gasteiger partial charge in [-0.25, -0.2) is 9.78 Å². The molecular formula is C14H13N3O4. The SMILES string of the molecule is O=C(O)c1cccc([N+](=O)[O-])c1-n1cnc2c1CCCC2. The molecule has 0 bridgehead atoms. The van der Waals surface area contributed by atoms with E-state index in [0.29, 0.717) is 0 Å². The fraction of sp³-hybridized carbons (Fsp3) is 0.286. The van der Waals surface area contributed by atoms with Gasteiger partial charge in [-0.05, 0) is 31.7 Å². The third-order valence-corrected chi connectivity index (χ3v) is 3.71. The zero-order valence-corrected chi connectivity index (χ0v) is 11.2. The van der Waals surface area contributed by atoms with Gasteiger partial charge in [-0.2, -0.15) is 0 Å². The van der Waals surface area contributed by atoms with E-state index in [-0.39, 0.29) is 16.9 Å². The summed E-state index contributed by atoms with van der Waals surface area (Å²) in [6, 6.07) is 4.07. The van der Waals surface area contributed by atoms with Crippen molar-refractivity contribution >= 4 is 11.7 Å². The van der Waals surface area contributed by atoms with Crippen LogP contribution in [0.4, 0.5) is 5.69 Å². The van der Waals surface area contributed by atoms with Gasteiger partial charge in [0.2, 0.25) is 0 Å². The summed E-state index contributed by atoms with van der Waals surface area (Å²) in [6.45, 7) is 0. The van der Waals surface area contributed by atoms with Gasteiger partial charge in [-0.3, -0.25) is 14.7 Å². The van der Waals surface area contributed by atoms with Gasteiger partial charge in [0.15, 0.2) is 0 Å². The van der Waals surface area contributed by atoms with Gasteiger partial charge in [0.25, 0.3) is 5.69 Å². The average molecular weight is 287 g/mol. The predicted octanol–water partition coefficient (Wildman–Crippen LogP) is 2.36. The Balaban J connectivity index is 2.28. The number of para-hydroxylation sites is 1. The molecule has 2 aromatic rings. The first-order valence-corrected chi connectivity index (χ1v) is 6.65. The first-order valence-electron chi connectivity index (χ1n) is 6.65. The molecular weight excluding hydrogens is 274 g/mol. The van der Waals surface area contributed by atoms with E-state index in [0.717, 1.165) is 37.1 Å². The molecule has 21 heavy (non-hydrogen) atoms. The first-order chi connectivity index (χ1) is 10.1. The molecule has 1 heterocycles. The molecule has 0 aliphatic heterocycles. The van der Waals surface area contributed by atoms with Gasteiger partial charge < -0.3 is 5.11 Å². The van der Waals surface area contributed by atoms with E-state index in [1.54, 1.807) is 4.57 Å². The fourth-order valence-corrected chi connectivity index (χ4v) is 2.77. The van der Waals surface area contributed by atoms with Crippen molar-refractivity contribution in [3.8, 4) is 5.69 Å². The van der Waals surface area contributed by atoms with Crippen LogP contribution in [0.2, 0.25) is 0 Å². The second-order valence-electron chi connectivity index (χ2n) is 4.95. The number of nitro groups is 1. The number of aromatic nitrogens is 2. The van der Waals surface area contributed by atoms with Crippen LogP contribution in [0.5, 0.6) is 0 Å². The number of fused-ring (bicyclic) bond motifs is 1. The normalized spacial score (nSPS) is 13.7. The molecule has 1 N–H and O–H groups in total. The van der Waals surface area contributed by atoms with Crippen molar-refractivity contribution in [1.29, 1.82) is 0 Å². The summed E-state index contributed by atoms with van der Waals surface area (Å²) in [6.07, 6.45) is 5.07. The molecule has 0 atom stereocenters. The van der Waals surface area contributed by atoms with Gasteiger partial charge in [-0.15, -0.1) is 0 Å². The minimum Gasteiger partial charge on any atom is -0.478 e. The number of imidazole rings is 1. The Morgan fingerprint density at radius 2 is 2.10 bits per heavy atom. The van der Waals surface area contributed by atoms with Crippen LogP contribution in [0.1, 0.15) is 34.6 Å². The highest BCUT2D eigenvalue weighted by atomic mass is 16.6. The van der Waals surface area contributed by atoms with Gasteiger partial charge in [0.05, 0.1) is 22.5 Å². The second kappa shape index (κ2) is 5.01. The molecule has 1 aliphatic rings. The number of hydrogen-bond donors (Lipinski definition) is 1. The number of hydrogen-bond acceptors (Lipinski definition) is 4. The van der Waals surface area contributed by atoms with E-state index in [9.17, 15) is 20.0 Å². The Labute approximate surface area is 120 Å². The molecule has 0 fully saturated rings. The van der Waals surface area contributed by atoms with Crippen LogP contribution in [0.3, 0.4) is 0 Å². The Kier molecular flexibility index (Phi) is 3.17. The van der Waals surface area contributed by atoms with Gasteiger partial charge in [0.1, 0.15) is 5.69 Å². The minimum atomic E-state index is -1.19. The second-order valence-corrected chi connectivity index (χ2v) is 4.95. The lowest BCUT2D eigenvalue weighted by Crippen LogP contribution is -2.12. The fourth-order valence-electron chi connectivity index (χ4n) is 2.77. The molecule has 0 amide bonds. The number of aryl methyl sites for hydroxylation is 1. The van der Waals surface area contributed by atoms with Gasteiger partial charge in [-0.1, -0.05) is 6.07 Å². The summed E-state index contributed by atoms with van der Waals surface area (Å²) in [5.41, 5.74) is 1.55. The van der Waals surface area contributed by atoms with Crippen LogP contribution in [0.25, 0.3) is 5.69 Å². The molecule has 0 radical (unpaired) electrons. The molecule has 108 valence electrons. The van der Waals surface area contributed by atoms with Crippen LogP contribution in [-0.2, 0) is 12.8 Å². The van der Waals surface area contributed by atoms with Crippen molar-refractivity contribution in [2.75, 3.05) is 0 Å². The smallest absolute Gasteiger partial charge is 0.338 e. The van der Waals surface area contributed by atoms with Crippen molar-refractivity contribution in [1.82, 2.24) is 9.55 Å². The van der Waals surface area contributed by atoms with Crippen LogP contribution in [-0.4, -0.2) is 25.6 Å². The Morgan fingerprint density at radius 3 is 2.81 bits per heavy atom. The average Bonchev–Trinajstić information content (AvgIpc) is 2.90. The molecule has 1 aromatic heterocycles. The largest absolute Gasteiger partial charge is 0.478 e. The van der Waals surface area contributed by atoms with Crippen LogP contribution >= 0.6 is 0 Å². The number of benzene rings is 1. The maximum atomic E-state index is 11.4. The first kappa shape index (κ1) is 13.3. The summed E-state index contributed by atoms with van der Waals surface area (Å²) in [4.78, 5) is 26.4. The monoisotopic (exact) mass is 287 g/mol. The molecule has 0 saturated carbocycles. The van der Waals surface area contributed by atoms with Crippen molar-refractivity contribution in [2.24, 2.45) is 0 Å². The van der Waals surface area contributed by atoms with Crippen LogP contribution in [0.15, 0.2) is 24.5 Å². The summed E-state index contributed by atoms with van der Waals surface area (Å²) in [5, 5.41) is 20.6. The summed E-state index contributed by atoms with van der Waals surface area (Å²) in [7, 11) is 0. The summed E-state index contributed by atoms with van der Waals surface area (Å²) >= 11 is 0.